The van der Waals surface area contributed by atoms with Gasteiger partial charge >= 0.3 is 6.18 Å². The van der Waals surface area contributed by atoms with Gasteiger partial charge in [0, 0.05) is 56.9 Å². The van der Waals surface area contributed by atoms with Crippen molar-refractivity contribution in [3.8, 4) is 5.75 Å². The van der Waals surface area contributed by atoms with Crippen LogP contribution in [-0.4, -0.2) is 67.5 Å². The van der Waals surface area contributed by atoms with E-state index in [9.17, 15) is 13.2 Å². The van der Waals surface area contributed by atoms with Gasteiger partial charge in [0.25, 0.3) is 0 Å². The van der Waals surface area contributed by atoms with Gasteiger partial charge in [-0.1, -0.05) is 11.6 Å². The number of alkyl halides is 3. The van der Waals surface area contributed by atoms with Crippen LogP contribution in [0.15, 0.2) is 43.1 Å². The highest BCUT2D eigenvalue weighted by Gasteiger charge is 2.34. The second kappa shape index (κ2) is 11.7. The second-order valence-electron chi connectivity index (χ2n) is 10.1. The Morgan fingerprint density at radius 1 is 1.24 bits per heavy atom. The summed E-state index contributed by atoms with van der Waals surface area (Å²) in [6.07, 6.45) is 3.08. The molecule has 1 atom stereocenters. The van der Waals surface area contributed by atoms with E-state index < -0.39 is 17.6 Å². The minimum absolute atomic E-state index is 0.0260. The van der Waals surface area contributed by atoms with Crippen LogP contribution in [0.4, 0.5) is 29.2 Å². The summed E-state index contributed by atoms with van der Waals surface area (Å²) in [6, 6.07) is 1.84. The number of pyridine rings is 1. The summed E-state index contributed by atoms with van der Waals surface area (Å²) in [6.45, 7) is 1.31. The Morgan fingerprint density at radius 2 is 2.02 bits per heavy atom. The highest BCUT2D eigenvalue weighted by Crippen LogP contribution is 2.38. The quantitative estimate of drug-likeness (QED) is 0.216. The summed E-state index contributed by atoms with van der Waals surface area (Å²) in [5, 5.41) is 2.82. The third kappa shape index (κ3) is 5.96. The first-order valence-corrected chi connectivity index (χ1v) is 13.3. The van der Waals surface area contributed by atoms with Gasteiger partial charge in [0.05, 0.1) is 23.6 Å². The number of ether oxygens (including phenoxy) is 1. The predicted octanol–water partition coefficient (Wildman–Crippen LogP) is 4.79. The largest absolute Gasteiger partial charge is 0.450 e. The summed E-state index contributed by atoms with van der Waals surface area (Å²) in [4.78, 5) is 20.7. The van der Waals surface area contributed by atoms with Gasteiger partial charge in [-0.3, -0.25) is 9.88 Å². The fourth-order valence-corrected chi connectivity index (χ4v) is 5.10. The van der Waals surface area contributed by atoms with Gasteiger partial charge in [-0.15, -0.1) is 0 Å². The molecule has 1 aliphatic heterocycles. The minimum Gasteiger partial charge on any atom is -0.450 e. The zero-order chi connectivity index (χ0) is 30.2. The van der Waals surface area contributed by atoms with E-state index in [1.54, 1.807) is 7.05 Å². The molecule has 0 saturated carbocycles. The number of nitrogens with two attached hydrogens (primary N) is 1. The van der Waals surface area contributed by atoms with E-state index in [2.05, 4.69) is 30.2 Å². The van der Waals surface area contributed by atoms with Gasteiger partial charge in [0.2, 0.25) is 5.95 Å². The smallest absolute Gasteiger partial charge is 0.416 e. The molecule has 0 amide bonds. The van der Waals surface area contributed by atoms with Crippen LogP contribution in [0.25, 0.3) is 16.9 Å². The molecule has 1 fully saturated rings. The van der Waals surface area contributed by atoms with Crippen molar-refractivity contribution in [1.29, 1.82) is 0 Å². The predicted molar refractivity (Wildman–Crippen MR) is 150 cm³/mol. The van der Waals surface area contributed by atoms with Crippen molar-refractivity contribution in [1.82, 2.24) is 34.3 Å². The van der Waals surface area contributed by atoms with Crippen LogP contribution in [0.2, 0.25) is 5.02 Å². The summed E-state index contributed by atoms with van der Waals surface area (Å²) in [5.74, 6) is -0.485. The number of anilines is 2. The van der Waals surface area contributed by atoms with E-state index in [1.807, 2.05) is 19.0 Å². The molecule has 0 bridgehead atoms. The number of fused-ring (bicyclic) bond motifs is 1. The SMILES string of the molecule is CN(C)[C@@H]1CCN(Cc2cc(C(F)(F)F)cc(Nc3nc4ncc(O/C(=C/N)c5cnccn5)c(Cl)c4n3C)c2F)C1. The van der Waals surface area contributed by atoms with E-state index in [-0.39, 0.29) is 52.0 Å². The fourth-order valence-electron chi connectivity index (χ4n) is 4.81. The number of likely N-dealkylation sites (N-methyl/N-ethyl adjacent to an activating group) is 1. The lowest BCUT2D eigenvalue weighted by Crippen LogP contribution is -2.31. The Hall–Kier alpha value is -4.01. The normalized spacial score (nSPS) is 16.5. The molecule has 4 heterocycles. The molecule has 0 unspecified atom stereocenters. The number of nitrogens with one attached hydrogen (secondary N) is 1. The third-order valence-electron chi connectivity index (χ3n) is 7.09. The molecule has 3 N–H and O–H groups in total. The number of aryl methyl sites for hydroxylation is 1. The number of imidazole rings is 1. The van der Waals surface area contributed by atoms with Crippen molar-refractivity contribution in [3.05, 3.63) is 70.8 Å². The Labute approximate surface area is 243 Å². The lowest BCUT2D eigenvalue weighted by Gasteiger charge is -2.22. The van der Waals surface area contributed by atoms with Crippen LogP contribution in [0.1, 0.15) is 23.2 Å². The van der Waals surface area contributed by atoms with Gasteiger partial charge in [-0.05, 0) is 32.6 Å². The van der Waals surface area contributed by atoms with Crippen molar-refractivity contribution in [2.45, 2.75) is 25.2 Å². The summed E-state index contributed by atoms with van der Waals surface area (Å²) < 4.78 is 64.5. The molecular formula is C27H28ClF4N9O. The van der Waals surface area contributed by atoms with Crippen LogP contribution in [0.5, 0.6) is 5.75 Å². The van der Waals surface area contributed by atoms with Crippen molar-refractivity contribution in [2.75, 3.05) is 32.5 Å². The third-order valence-corrected chi connectivity index (χ3v) is 7.45. The molecule has 1 aliphatic rings. The number of nitrogens with zero attached hydrogens (tertiary/aromatic N) is 7. The van der Waals surface area contributed by atoms with Crippen LogP contribution >= 0.6 is 11.6 Å². The number of aromatic nitrogens is 5. The van der Waals surface area contributed by atoms with Gasteiger partial charge in [-0.25, -0.2) is 14.4 Å². The summed E-state index contributed by atoms with van der Waals surface area (Å²) >= 11 is 6.63. The number of hydrogen-bond acceptors (Lipinski definition) is 9. The molecular weight excluding hydrogens is 578 g/mol. The highest BCUT2D eigenvalue weighted by molar-refractivity contribution is 6.36. The molecule has 4 aromatic rings. The minimum atomic E-state index is -4.68. The molecule has 15 heteroatoms. The lowest BCUT2D eigenvalue weighted by atomic mass is 10.1. The first-order valence-electron chi connectivity index (χ1n) is 12.9. The average Bonchev–Trinajstić information content (AvgIpc) is 3.55. The Bertz CT molecular complexity index is 1630. The molecule has 222 valence electrons. The lowest BCUT2D eigenvalue weighted by molar-refractivity contribution is -0.137. The van der Waals surface area contributed by atoms with Gasteiger partial charge in [0.15, 0.2) is 23.0 Å². The molecule has 5 rings (SSSR count). The number of likely N-dealkylation sites (tertiary alicyclic amines) is 1. The fraction of sp³-hybridized carbons (Fsp3) is 0.333. The first-order chi connectivity index (χ1) is 20.0. The summed E-state index contributed by atoms with van der Waals surface area (Å²) in [5.41, 5.74) is 5.11. The van der Waals surface area contributed by atoms with Crippen molar-refractivity contribution in [3.63, 3.8) is 0 Å². The monoisotopic (exact) mass is 605 g/mol. The Balaban J connectivity index is 1.47. The maximum absolute atomic E-state index is 15.7. The molecule has 1 aromatic carbocycles. The Morgan fingerprint density at radius 3 is 2.67 bits per heavy atom. The zero-order valence-electron chi connectivity index (χ0n) is 23.0. The van der Waals surface area contributed by atoms with Gasteiger partial charge in [0.1, 0.15) is 16.2 Å². The number of halogens is 5. The molecule has 0 spiro atoms. The number of rotatable bonds is 8. The molecule has 42 heavy (non-hydrogen) atoms. The van der Waals surface area contributed by atoms with Crippen molar-refractivity contribution in [2.24, 2.45) is 12.8 Å². The summed E-state index contributed by atoms with van der Waals surface area (Å²) in [7, 11) is 5.45. The molecule has 0 radical (unpaired) electrons. The maximum Gasteiger partial charge on any atom is 0.416 e. The number of hydrogen-bond donors (Lipinski definition) is 2. The topological polar surface area (TPSA) is 110 Å². The molecule has 1 saturated heterocycles. The van der Waals surface area contributed by atoms with Crippen LogP contribution in [0.3, 0.4) is 0 Å². The number of benzene rings is 1. The maximum atomic E-state index is 15.7. The highest BCUT2D eigenvalue weighted by atomic mass is 35.5. The van der Waals surface area contributed by atoms with E-state index in [4.69, 9.17) is 22.1 Å². The van der Waals surface area contributed by atoms with E-state index >= 15 is 4.39 Å². The van der Waals surface area contributed by atoms with Crippen LogP contribution in [0, 0.1) is 5.82 Å². The van der Waals surface area contributed by atoms with E-state index in [0.717, 1.165) is 18.6 Å². The first kappa shape index (κ1) is 29.5. The van der Waals surface area contributed by atoms with Crippen molar-refractivity contribution >= 4 is 40.2 Å². The van der Waals surface area contributed by atoms with Crippen LogP contribution < -0.4 is 15.8 Å². The zero-order valence-corrected chi connectivity index (χ0v) is 23.7. The van der Waals surface area contributed by atoms with E-state index in [0.29, 0.717) is 24.3 Å². The Kier molecular flexibility index (Phi) is 8.21. The van der Waals surface area contributed by atoms with Gasteiger partial charge < -0.3 is 25.3 Å². The second-order valence-corrected chi connectivity index (χ2v) is 10.5. The average molecular weight is 606 g/mol. The standard InChI is InChI=1S/C27H28ClF4N9O/c1-39(2)17-4-7-41(14-17)13-15-8-16(27(30,31)32)9-18(23(15)29)37-26-38-25-24(40(26)3)22(28)21(12-36-25)42-20(10-33)19-11-34-5-6-35-19/h5-6,8-12,17H,4,7,13-14,33H2,1-3H3,(H,36,37,38)/b20-10+/t17-/m1/s1. The van der Waals surface area contributed by atoms with Gasteiger partial charge in [-0.2, -0.15) is 18.2 Å². The van der Waals surface area contributed by atoms with Crippen molar-refractivity contribution < 1.29 is 22.3 Å². The van der Waals surface area contributed by atoms with Crippen LogP contribution in [-0.2, 0) is 19.8 Å². The molecule has 10 nitrogen and oxygen atoms in total. The molecule has 0 aliphatic carbocycles. The van der Waals surface area contributed by atoms with E-state index in [1.165, 1.54) is 35.6 Å². The molecule has 3 aromatic heterocycles.